The van der Waals surface area contributed by atoms with Crippen molar-refractivity contribution in [1.29, 1.82) is 0 Å². The zero-order valence-corrected chi connectivity index (χ0v) is 17.6. The summed E-state index contributed by atoms with van der Waals surface area (Å²) >= 11 is 0. The van der Waals surface area contributed by atoms with Crippen LogP contribution in [-0.4, -0.2) is 56.7 Å². The number of nitrogens with one attached hydrogen (secondary N) is 2. The maximum Gasteiger partial charge on any atom is 0.324 e. The largest absolute Gasteiger partial charge is 0.493 e. The van der Waals surface area contributed by atoms with Crippen LogP contribution in [0.2, 0.25) is 0 Å². The van der Waals surface area contributed by atoms with Gasteiger partial charge in [0.25, 0.3) is 5.91 Å². The summed E-state index contributed by atoms with van der Waals surface area (Å²) < 4.78 is 15.8. The Kier molecular flexibility index (Phi) is 6.96. The molecule has 2 aromatic carbocycles. The van der Waals surface area contributed by atoms with Crippen LogP contribution < -0.4 is 24.8 Å². The molecular formula is C22H25N3O6. The van der Waals surface area contributed by atoms with Crippen molar-refractivity contribution in [3.63, 3.8) is 0 Å². The number of hydrogen-bond donors (Lipinski definition) is 2. The lowest BCUT2D eigenvalue weighted by Gasteiger charge is -2.15. The van der Waals surface area contributed by atoms with Gasteiger partial charge in [-0.25, -0.2) is 4.79 Å². The molecular weight excluding hydrogens is 402 g/mol. The van der Waals surface area contributed by atoms with E-state index in [1.54, 1.807) is 12.1 Å². The number of benzene rings is 2. The Morgan fingerprint density at radius 2 is 1.68 bits per heavy atom. The molecule has 0 radical (unpaired) electrons. The Morgan fingerprint density at radius 1 is 1.03 bits per heavy atom. The topological polar surface area (TPSA) is 106 Å². The molecule has 1 aliphatic rings. The van der Waals surface area contributed by atoms with Crippen molar-refractivity contribution >= 4 is 23.5 Å². The predicted octanol–water partition coefficient (Wildman–Crippen LogP) is 2.20. The summed E-state index contributed by atoms with van der Waals surface area (Å²) in [5, 5.41) is 5.28. The lowest BCUT2D eigenvalue weighted by Crippen LogP contribution is -2.34. The van der Waals surface area contributed by atoms with Crippen molar-refractivity contribution in [2.45, 2.75) is 18.9 Å². The number of ether oxygens (including phenoxy) is 3. The third-order valence-electron chi connectivity index (χ3n) is 4.91. The molecule has 0 aromatic heterocycles. The number of anilines is 1. The lowest BCUT2D eigenvalue weighted by atomic mass is 10.1. The summed E-state index contributed by atoms with van der Waals surface area (Å²) in [6.45, 7) is 0.250. The van der Waals surface area contributed by atoms with E-state index in [0.717, 1.165) is 10.5 Å². The number of hydrogen-bond acceptors (Lipinski definition) is 6. The molecule has 1 aliphatic heterocycles. The second kappa shape index (κ2) is 9.84. The van der Waals surface area contributed by atoms with E-state index in [9.17, 15) is 14.4 Å². The fraction of sp³-hybridized carbons (Fsp3) is 0.318. The molecule has 3 rings (SSSR count). The van der Waals surface area contributed by atoms with Crippen LogP contribution in [0.1, 0.15) is 12.0 Å². The number of imide groups is 1. The van der Waals surface area contributed by atoms with Crippen molar-refractivity contribution in [3.8, 4) is 17.2 Å². The van der Waals surface area contributed by atoms with Crippen LogP contribution in [-0.2, 0) is 16.0 Å². The Bertz CT molecular complexity index is 938. The number of rotatable bonds is 9. The van der Waals surface area contributed by atoms with Crippen molar-refractivity contribution in [2.75, 3.05) is 33.2 Å². The number of carbonyl (C=O) groups excluding carboxylic acids is 3. The molecule has 1 heterocycles. The molecule has 1 fully saturated rings. The highest BCUT2D eigenvalue weighted by molar-refractivity contribution is 6.07. The molecule has 9 heteroatoms. The average molecular weight is 427 g/mol. The van der Waals surface area contributed by atoms with Crippen LogP contribution in [0.25, 0.3) is 0 Å². The Hall–Kier alpha value is -3.75. The number of carbonyl (C=O) groups is 3. The van der Waals surface area contributed by atoms with Crippen molar-refractivity contribution in [1.82, 2.24) is 10.2 Å². The predicted molar refractivity (Wildman–Crippen MR) is 114 cm³/mol. The van der Waals surface area contributed by atoms with Crippen molar-refractivity contribution in [2.24, 2.45) is 0 Å². The number of urea groups is 1. The van der Waals surface area contributed by atoms with Crippen LogP contribution in [0.4, 0.5) is 10.5 Å². The monoisotopic (exact) mass is 427 g/mol. The normalized spacial score (nSPS) is 15.5. The van der Waals surface area contributed by atoms with E-state index < -0.39 is 23.9 Å². The second-order valence-electron chi connectivity index (χ2n) is 6.89. The number of methoxy groups -OCH3 is 3. The summed E-state index contributed by atoms with van der Waals surface area (Å²) in [5.74, 6) is 0.318. The van der Waals surface area contributed by atoms with E-state index in [0.29, 0.717) is 29.4 Å². The van der Waals surface area contributed by atoms with Gasteiger partial charge in [0, 0.05) is 24.4 Å². The van der Waals surface area contributed by atoms with Crippen LogP contribution >= 0.6 is 0 Å². The maximum atomic E-state index is 12.6. The molecule has 0 aliphatic carbocycles. The summed E-state index contributed by atoms with van der Waals surface area (Å²) in [6, 6.07) is 11.3. The zero-order valence-electron chi connectivity index (χ0n) is 17.6. The third kappa shape index (κ3) is 5.06. The average Bonchev–Trinajstić information content (AvgIpc) is 3.04. The first-order valence-electron chi connectivity index (χ1n) is 9.72. The van der Waals surface area contributed by atoms with Gasteiger partial charge in [-0.15, -0.1) is 0 Å². The smallest absolute Gasteiger partial charge is 0.324 e. The number of amides is 4. The molecule has 31 heavy (non-hydrogen) atoms. The fourth-order valence-corrected chi connectivity index (χ4v) is 3.36. The van der Waals surface area contributed by atoms with Gasteiger partial charge in [-0.1, -0.05) is 30.3 Å². The van der Waals surface area contributed by atoms with Gasteiger partial charge in [0.05, 0.1) is 27.8 Å². The van der Waals surface area contributed by atoms with Gasteiger partial charge >= 0.3 is 6.03 Å². The van der Waals surface area contributed by atoms with E-state index in [1.165, 1.54) is 21.3 Å². The first-order chi connectivity index (χ1) is 15.0. The molecule has 2 aromatic rings. The minimum atomic E-state index is -0.912. The van der Waals surface area contributed by atoms with Gasteiger partial charge in [-0.3, -0.25) is 14.5 Å². The molecule has 0 spiro atoms. The standard InChI is InChI=1S/C22H25N3O6/c1-29-17-11-15(12-18(30-2)20(17)31-3)23-19(26)13-16-21(27)25(22(28)24-16)10-9-14-7-5-4-6-8-14/h4-8,11-12,16H,9-10,13H2,1-3H3,(H,23,26)(H,24,28). The molecule has 1 atom stereocenters. The van der Waals surface area contributed by atoms with E-state index in [-0.39, 0.29) is 13.0 Å². The Morgan fingerprint density at radius 3 is 2.26 bits per heavy atom. The van der Waals surface area contributed by atoms with Gasteiger partial charge in [-0.2, -0.15) is 0 Å². The highest BCUT2D eigenvalue weighted by Gasteiger charge is 2.38. The van der Waals surface area contributed by atoms with Crippen LogP contribution in [0.5, 0.6) is 17.2 Å². The first-order valence-corrected chi connectivity index (χ1v) is 9.72. The van der Waals surface area contributed by atoms with Crippen LogP contribution in [0.15, 0.2) is 42.5 Å². The van der Waals surface area contributed by atoms with Gasteiger partial charge in [0.15, 0.2) is 11.5 Å². The molecule has 2 N–H and O–H groups in total. The zero-order chi connectivity index (χ0) is 22.4. The van der Waals surface area contributed by atoms with Crippen molar-refractivity contribution in [3.05, 3.63) is 48.0 Å². The highest BCUT2D eigenvalue weighted by Crippen LogP contribution is 2.39. The number of nitrogens with zero attached hydrogens (tertiary/aromatic N) is 1. The highest BCUT2D eigenvalue weighted by atomic mass is 16.5. The van der Waals surface area contributed by atoms with Crippen LogP contribution in [0.3, 0.4) is 0 Å². The summed E-state index contributed by atoms with van der Waals surface area (Å²) in [6.07, 6.45) is 0.355. The molecule has 0 saturated carbocycles. The molecule has 9 nitrogen and oxygen atoms in total. The van der Waals surface area contributed by atoms with E-state index >= 15 is 0 Å². The van der Waals surface area contributed by atoms with Crippen molar-refractivity contribution < 1.29 is 28.6 Å². The summed E-state index contributed by atoms with van der Waals surface area (Å²) in [7, 11) is 4.43. The SMILES string of the molecule is COc1cc(NC(=O)CC2NC(=O)N(CCc3ccccc3)C2=O)cc(OC)c1OC. The van der Waals surface area contributed by atoms with E-state index in [2.05, 4.69) is 10.6 Å². The lowest BCUT2D eigenvalue weighted by molar-refractivity contribution is -0.129. The molecule has 1 saturated heterocycles. The van der Waals surface area contributed by atoms with Gasteiger partial charge in [0.2, 0.25) is 11.7 Å². The molecule has 0 bridgehead atoms. The van der Waals surface area contributed by atoms with Crippen LogP contribution in [0, 0.1) is 0 Å². The molecule has 1 unspecified atom stereocenters. The van der Waals surface area contributed by atoms with Gasteiger partial charge < -0.3 is 24.8 Å². The molecule has 164 valence electrons. The Balaban J connectivity index is 1.62. The van der Waals surface area contributed by atoms with Gasteiger partial charge in [-0.05, 0) is 12.0 Å². The quantitative estimate of drug-likeness (QED) is 0.595. The van der Waals surface area contributed by atoms with Gasteiger partial charge in [0.1, 0.15) is 6.04 Å². The maximum absolute atomic E-state index is 12.6. The summed E-state index contributed by atoms with van der Waals surface area (Å²) in [5.41, 5.74) is 1.43. The second-order valence-corrected chi connectivity index (χ2v) is 6.89. The minimum Gasteiger partial charge on any atom is -0.493 e. The van der Waals surface area contributed by atoms with E-state index in [4.69, 9.17) is 14.2 Å². The first kappa shape index (κ1) is 21.9. The summed E-state index contributed by atoms with van der Waals surface area (Å²) in [4.78, 5) is 38.5. The molecule has 4 amide bonds. The minimum absolute atomic E-state index is 0.191. The van der Waals surface area contributed by atoms with E-state index in [1.807, 2.05) is 30.3 Å². The fourth-order valence-electron chi connectivity index (χ4n) is 3.36. The Labute approximate surface area is 180 Å². The third-order valence-corrected chi connectivity index (χ3v) is 4.91.